The van der Waals surface area contributed by atoms with Crippen molar-refractivity contribution in [3.63, 3.8) is 0 Å². The lowest BCUT2D eigenvalue weighted by atomic mass is 9.86. The van der Waals surface area contributed by atoms with Crippen LogP contribution >= 0.6 is 24.2 Å². The fourth-order valence-electron chi connectivity index (χ4n) is 2.79. The number of benzene rings is 1. The van der Waals surface area contributed by atoms with Gasteiger partial charge in [-0.15, -0.1) is 12.6 Å². The Labute approximate surface area is 125 Å². The van der Waals surface area contributed by atoms with E-state index in [4.69, 9.17) is 11.6 Å². The van der Waals surface area contributed by atoms with Crippen molar-refractivity contribution < 1.29 is 4.79 Å². The maximum Gasteiger partial charge on any atom is 0.255 e. The number of rotatable bonds is 2. The molecule has 0 N–H and O–H groups in total. The van der Waals surface area contributed by atoms with E-state index in [9.17, 15) is 4.79 Å². The van der Waals surface area contributed by atoms with Crippen molar-refractivity contribution in [1.29, 1.82) is 0 Å². The van der Waals surface area contributed by atoms with Gasteiger partial charge < -0.3 is 4.90 Å². The monoisotopic (exact) mass is 297 g/mol. The van der Waals surface area contributed by atoms with E-state index in [0.717, 1.165) is 17.7 Å². The maximum absolute atomic E-state index is 12.5. The van der Waals surface area contributed by atoms with Crippen molar-refractivity contribution in [2.75, 3.05) is 7.05 Å². The third kappa shape index (κ3) is 3.46. The predicted octanol–water partition coefficient (Wildman–Crippen LogP) is 4.28. The second kappa shape index (κ2) is 6.19. The molecule has 0 saturated heterocycles. The standard InChI is InChI=1S/C15H20ClNOS/c1-10-4-3-5-11(8-10)17(2)15(18)13-9-12(19)6-7-14(13)16/h6-7,9-11,19H,3-5,8H2,1-2H3. The topological polar surface area (TPSA) is 20.3 Å². The molecule has 0 aromatic heterocycles. The van der Waals surface area contributed by atoms with Crippen molar-refractivity contribution in [3.05, 3.63) is 28.8 Å². The van der Waals surface area contributed by atoms with E-state index in [1.807, 2.05) is 11.9 Å². The zero-order chi connectivity index (χ0) is 14.0. The van der Waals surface area contributed by atoms with Gasteiger partial charge in [0.05, 0.1) is 10.6 Å². The van der Waals surface area contributed by atoms with Gasteiger partial charge in [-0.1, -0.05) is 31.4 Å². The molecule has 0 heterocycles. The van der Waals surface area contributed by atoms with E-state index in [2.05, 4.69) is 19.6 Å². The highest BCUT2D eigenvalue weighted by Crippen LogP contribution is 2.29. The van der Waals surface area contributed by atoms with Gasteiger partial charge >= 0.3 is 0 Å². The number of carbonyl (C=O) groups is 1. The molecule has 104 valence electrons. The van der Waals surface area contributed by atoms with Gasteiger partial charge in [-0.25, -0.2) is 0 Å². The van der Waals surface area contributed by atoms with E-state index >= 15 is 0 Å². The second-order valence-corrected chi connectivity index (χ2v) is 6.43. The van der Waals surface area contributed by atoms with E-state index in [1.54, 1.807) is 18.2 Å². The van der Waals surface area contributed by atoms with Gasteiger partial charge in [-0.3, -0.25) is 4.79 Å². The number of halogens is 1. The summed E-state index contributed by atoms with van der Waals surface area (Å²) in [5.41, 5.74) is 0.551. The summed E-state index contributed by atoms with van der Waals surface area (Å²) in [5, 5.41) is 0.499. The van der Waals surface area contributed by atoms with Gasteiger partial charge in [0.15, 0.2) is 0 Å². The SMILES string of the molecule is CC1CCCC(N(C)C(=O)c2cc(S)ccc2Cl)C1. The lowest BCUT2D eigenvalue weighted by molar-refractivity contribution is 0.0672. The molecule has 1 aliphatic carbocycles. The van der Waals surface area contributed by atoms with Crippen LogP contribution in [0.25, 0.3) is 0 Å². The van der Waals surface area contributed by atoms with Crippen LogP contribution < -0.4 is 0 Å². The molecule has 0 spiro atoms. The number of hydrogen-bond donors (Lipinski definition) is 1. The third-order valence-electron chi connectivity index (χ3n) is 3.96. The first-order valence-corrected chi connectivity index (χ1v) is 7.57. The molecule has 2 atom stereocenters. The Morgan fingerprint density at radius 3 is 2.84 bits per heavy atom. The van der Waals surface area contributed by atoms with Crippen LogP contribution in [0.1, 0.15) is 43.0 Å². The Balaban J connectivity index is 2.16. The van der Waals surface area contributed by atoms with Gasteiger partial charge in [0.1, 0.15) is 0 Å². The molecule has 1 amide bonds. The van der Waals surface area contributed by atoms with Gasteiger partial charge in [0, 0.05) is 18.0 Å². The van der Waals surface area contributed by atoms with Crippen molar-refractivity contribution >= 4 is 30.1 Å². The average molecular weight is 298 g/mol. The summed E-state index contributed by atoms with van der Waals surface area (Å²) < 4.78 is 0. The highest BCUT2D eigenvalue weighted by atomic mass is 35.5. The van der Waals surface area contributed by atoms with Crippen LogP contribution in [0.5, 0.6) is 0 Å². The lowest BCUT2D eigenvalue weighted by Crippen LogP contribution is -2.39. The van der Waals surface area contributed by atoms with Crippen LogP contribution in [0.2, 0.25) is 5.02 Å². The van der Waals surface area contributed by atoms with Crippen LogP contribution in [0, 0.1) is 5.92 Å². The minimum atomic E-state index is 0.000000000000000444. The van der Waals surface area contributed by atoms with E-state index in [1.165, 1.54) is 12.8 Å². The summed E-state index contributed by atoms with van der Waals surface area (Å²) in [5.74, 6) is 0.695. The summed E-state index contributed by atoms with van der Waals surface area (Å²) >= 11 is 10.4. The Hall–Kier alpha value is -0.670. The van der Waals surface area contributed by atoms with Crippen molar-refractivity contribution in [2.24, 2.45) is 5.92 Å². The number of hydrogen-bond acceptors (Lipinski definition) is 2. The summed E-state index contributed by atoms with van der Waals surface area (Å²) in [7, 11) is 1.88. The summed E-state index contributed by atoms with van der Waals surface area (Å²) in [4.78, 5) is 15.1. The highest BCUT2D eigenvalue weighted by molar-refractivity contribution is 7.80. The maximum atomic E-state index is 12.5. The molecule has 1 aromatic carbocycles. The molecule has 4 heteroatoms. The van der Waals surface area contributed by atoms with Crippen molar-refractivity contribution in [2.45, 2.75) is 43.5 Å². The molecule has 0 radical (unpaired) electrons. The minimum Gasteiger partial charge on any atom is -0.339 e. The first-order chi connectivity index (χ1) is 8.99. The summed E-state index contributed by atoms with van der Waals surface area (Å²) in [6.07, 6.45) is 4.64. The zero-order valence-corrected chi connectivity index (χ0v) is 13.0. The summed E-state index contributed by atoms with van der Waals surface area (Å²) in [6, 6.07) is 5.60. The molecular formula is C15H20ClNOS. The average Bonchev–Trinajstić information content (AvgIpc) is 2.40. The zero-order valence-electron chi connectivity index (χ0n) is 11.4. The molecule has 1 fully saturated rings. The highest BCUT2D eigenvalue weighted by Gasteiger charge is 2.26. The van der Waals surface area contributed by atoms with Gasteiger partial charge in [-0.2, -0.15) is 0 Å². The Morgan fingerprint density at radius 2 is 2.16 bits per heavy atom. The van der Waals surface area contributed by atoms with Crippen LogP contribution in [-0.2, 0) is 0 Å². The quantitative estimate of drug-likeness (QED) is 0.808. The molecule has 1 saturated carbocycles. The van der Waals surface area contributed by atoms with Crippen LogP contribution in [0.15, 0.2) is 23.1 Å². The van der Waals surface area contributed by atoms with Crippen molar-refractivity contribution in [3.8, 4) is 0 Å². The molecule has 19 heavy (non-hydrogen) atoms. The molecule has 2 unspecified atom stereocenters. The Kier molecular flexibility index (Phi) is 4.80. The molecule has 0 aliphatic heterocycles. The molecule has 2 nitrogen and oxygen atoms in total. The Bertz CT molecular complexity index is 477. The van der Waals surface area contributed by atoms with Crippen molar-refractivity contribution in [1.82, 2.24) is 4.90 Å². The fourth-order valence-corrected chi connectivity index (χ4v) is 3.19. The minimum absolute atomic E-state index is 0.000000000000000444. The van der Waals surface area contributed by atoms with E-state index in [-0.39, 0.29) is 5.91 Å². The fraction of sp³-hybridized carbons (Fsp3) is 0.533. The molecular weight excluding hydrogens is 278 g/mol. The number of thiol groups is 1. The largest absolute Gasteiger partial charge is 0.339 e. The van der Waals surface area contributed by atoms with Crippen LogP contribution in [-0.4, -0.2) is 23.9 Å². The Morgan fingerprint density at radius 1 is 1.42 bits per heavy atom. The van der Waals surface area contributed by atoms with Gasteiger partial charge in [-0.05, 0) is 37.0 Å². The number of nitrogens with zero attached hydrogens (tertiary/aromatic N) is 1. The lowest BCUT2D eigenvalue weighted by Gasteiger charge is -2.34. The normalized spacial score (nSPS) is 23.2. The first kappa shape index (κ1) is 14.7. The van der Waals surface area contributed by atoms with Crippen LogP contribution in [0.3, 0.4) is 0 Å². The van der Waals surface area contributed by atoms with E-state index in [0.29, 0.717) is 22.5 Å². The second-order valence-electron chi connectivity index (χ2n) is 5.51. The first-order valence-electron chi connectivity index (χ1n) is 6.74. The summed E-state index contributed by atoms with van der Waals surface area (Å²) in [6.45, 7) is 2.26. The van der Waals surface area contributed by atoms with Crippen LogP contribution in [0.4, 0.5) is 0 Å². The molecule has 1 aliphatic rings. The number of carbonyl (C=O) groups excluding carboxylic acids is 1. The third-order valence-corrected chi connectivity index (χ3v) is 4.56. The molecule has 0 bridgehead atoms. The number of amides is 1. The molecule has 2 rings (SSSR count). The predicted molar refractivity (Wildman–Crippen MR) is 82.2 cm³/mol. The van der Waals surface area contributed by atoms with Gasteiger partial charge in [0.2, 0.25) is 0 Å². The van der Waals surface area contributed by atoms with Gasteiger partial charge in [0.25, 0.3) is 5.91 Å². The van der Waals surface area contributed by atoms with E-state index < -0.39 is 0 Å². The molecule has 1 aromatic rings. The smallest absolute Gasteiger partial charge is 0.255 e.